The van der Waals surface area contributed by atoms with Crippen LogP contribution in [0.25, 0.3) is 0 Å². The van der Waals surface area contributed by atoms with Gasteiger partial charge in [-0.3, -0.25) is 4.90 Å². The largest absolute Gasteiger partial charge is 0.329 e. The quantitative estimate of drug-likeness (QED) is 0.874. The zero-order valence-electron chi connectivity index (χ0n) is 10.5. The summed E-state index contributed by atoms with van der Waals surface area (Å²) in [6.45, 7) is 5.12. The minimum atomic E-state index is 0.412. The maximum Gasteiger partial charge on any atom is 0.0481 e. The zero-order valence-corrected chi connectivity index (χ0v) is 11.3. The Hall–Kier alpha value is -0.380. The summed E-state index contributed by atoms with van der Waals surface area (Å²) in [5.41, 5.74) is 7.41. The van der Waals surface area contributed by atoms with Crippen LogP contribution in [-0.4, -0.2) is 24.5 Å². The first-order valence-corrected chi connectivity index (χ1v) is 6.94. The molecule has 0 radical (unpaired) electrons. The van der Waals surface area contributed by atoms with E-state index in [0.29, 0.717) is 6.04 Å². The molecule has 90 valence electrons. The summed E-state index contributed by atoms with van der Waals surface area (Å²) in [6, 6.07) is 3.48. The highest BCUT2D eigenvalue weighted by Crippen LogP contribution is 2.34. The molecule has 1 heterocycles. The van der Waals surface area contributed by atoms with Gasteiger partial charge < -0.3 is 5.73 Å². The lowest BCUT2D eigenvalue weighted by Crippen LogP contribution is -2.42. The van der Waals surface area contributed by atoms with Gasteiger partial charge in [-0.05, 0) is 45.4 Å². The Bertz CT molecular complexity index is 355. The van der Waals surface area contributed by atoms with E-state index in [2.05, 4.69) is 31.9 Å². The SMILES string of the molecule is Cc1cc(C(CN)N(C)C2CCC2)c(C)s1. The van der Waals surface area contributed by atoms with Crippen molar-refractivity contribution in [3.05, 3.63) is 21.4 Å². The molecule has 0 aromatic carbocycles. The third-order valence-corrected chi connectivity index (χ3v) is 4.79. The van der Waals surface area contributed by atoms with Crippen LogP contribution in [0.3, 0.4) is 0 Å². The van der Waals surface area contributed by atoms with Crippen molar-refractivity contribution in [3.8, 4) is 0 Å². The van der Waals surface area contributed by atoms with E-state index in [4.69, 9.17) is 5.73 Å². The van der Waals surface area contributed by atoms with Crippen molar-refractivity contribution in [2.75, 3.05) is 13.6 Å². The topological polar surface area (TPSA) is 29.3 Å². The van der Waals surface area contributed by atoms with Crippen LogP contribution in [0.1, 0.15) is 40.6 Å². The summed E-state index contributed by atoms with van der Waals surface area (Å²) >= 11 is 1.89. The normalized spacial score (nSPS) is 18.8. The van der Waals surface area contributed by atoms with E-state index in [1.807, 2.05) is 11.3 Å². The fraction of sp³-hybridized carbons (Fsp3) is 0.692. The average Bonchev–Trinajstić information content (AvgIpc) is 2.44. The van der Waals surface area contributed by atoms with Crippen molar-refractivity contribution < 1.29 is 0 Å². The van der Waals surface area contributed by atoms with Crippen LogP contribution < -0.4 is 5.73 Å². The summed E-state index contributed by atoms with van der Waals surface area (Å²) in [5.74, 6) is 0. The molecule has 3 heteroatoms. The maximum absolute atomic E-state index is 5.96. The Morgan fingerprint density at radius 3 is 2.56 bits per heavy atom. The highest BCUT2D eigenvalue weighted by atomic mass is 32.1. The lowest BCUT2D eigenvalue weighted by molar-refractivity contribution is 0.113. The molecule has 0 bridgehead atoms. The minimum absolute atomic E-state index is 0.412. The maximum atomic E-state index is 5.96. The number of likely N-dealkylation sites (N-methyl/N-ethyl adjacent to an activating group) is 1. The third kappa shape index (κ3) is 2.17. The summed E-state index contributed by atoms with van der Waals surface area (Å²) in [5, 5.41) is 0. The number of nitrogens with zero attached hydrogens (tertiary/aromatic N) is 1. The number of rotatable bonds is 4. The molecule has 1 fully saturated rings. The van der Waals surface area contributed by atoms with E-state index in [1.54, 1.807) is 0 Å². The second-order valence-corrected chi connectivity index (χ2v) is 6.33. The minimum Gasteiger partial charge on any atom is -0.329 e. The average molecular weight is 238 g/mol. The van der Waals surface area contributed by atoms with E-state index in [1.165, 1.54) is 34.6 Å². The summed E-state index contributed by atoms with van der Waals surface area (Å²) in [7, 11) is 2.23. The lowest BCUT2D eigenvalue weighted by Gasteiger charge is -2.39. The van der Waals surface area contributed by atoms with Gasteiger partial charge in [0.25, 0.3) is 0 Å². The Balaban J connectivity index is 2.17. The highest BCUT2D eigenvalue weighted by Gasteiger charge is 2.28. The first-order chi connectivity index (χ1) is 7.63. The van der Waals surface area contributed by atoms with Gasteiger partial charge in [-0.1, -0.05) is 6.42 Å². The molecule has 0 aliphatic heterocycles. The van der Waals surface area contributed by atoms with Crippen molar-refractivity contribution in [2.24, 2.45) is 5.73 Å². The Kier molecular flexibility index (Phi) is 3.67. The molecule has 1 saturated carbocycles. The van der Waals surface area contributed by atoms with Crippen LogP contribution in [0.5, 0.6) is 0 Å². The lowest BCUT2D eigenvalue weighted by atomic mass is 9.90. The summed E-state index contributed by atoms with van der Waals surface area (Å²) in [6.07, 6.45) is 4.07. The van der Waals surface area contributed by atoms with Crippen LogP contribution in [0, 0.1) is 13.8 Å². The molecule has 1 aliphatic rings. The third-order valence-electron chi connectivity index (χ3n) is 3.80. The van der Waals surface area contributed by atoms with Crippen molar-refractivity contribution in [1.29, 1.82) is 0 Å². The van der Waals surface area contributed by atoms with Crippen LogP contribution >= 0.6 is 11.3 Å². The van der Waals surface area contributed by atoms with Crippen LogP contribution in [-0.2, 0) is 0 Å². The van der Waals surface area contributed by atoms with Crippen molar-refractivity contribution in [3.63, 3.8) is 0 Å². The van der Waals surface area contributed by atoms with Crippen LogP contribution in [0.15, 0.2) is 6.07 Å². The summed E-state index contributed by atoms with van der Waals surface area (Å²) in [4.78, 5) is 5.31. The van der Waals surface area contributed by atoms with Crippen molar-refractivity contribution in [2.45, 2.75) is 45.2 Å². The van der Waals surface area contributed by atoms with Gasteiger partial charge in [0.2, 0.25) is 0 Å². The summed E-state index contributed by atoms with van der Waals surface area (Å²) < 4.78 is 0. The molecule has 16 heavy (non-hydrogen) atoms. The molecule has 2 N–H and O–H groups in total. The van der Waals surface area contributed by atoms with Crippen molar-refractivity contribution >= 4 is 11.3 Å². The molecule has 1 aromatic heterocycles. The molecule has 1 unspecified atom stereocenters. The second-order valence-electron chi connectivity index (χ2n) is 4.87. The zero-order chi connectivity index (χ0) is 11.7. The molecule has 2 rings (SSSR count). The van der Waals surface area contributed by atoms with Gasteiger partial charge in [0.15, 0.2) is 0 Å². The number of nitrogens with two attached hydrogens (primary N) is 1. The van der Waals surface area contributed by atoms with E-state index < -0.39 is 0 Å². The first-order valence-electron chi connectivity index (χ1n) is 6.12. The van der Waals surface area contributed by atoms with E-state index in [9.17, 15) is 0 Å². The Labute approximate surface area is 102 Å². The molecule has 1 atom stereocenters. The van der Waals surface area contributed by atoms with Gasteiger partial charge >= 0.3 is 0 Å². The molecule has 0 spiro atoms. The predicted octanol–water partition coefficient (Wildman–Crippen LogP) is 2.85. The molecule has 0 saturated heterocycles. The number of thiophene rings is 1. The molecule has 1 aromatic rings. The fourth-order valence-electron chi connectivity index (χ4n) is 2.54. The Morgan fingerprint density at radius 1 is 1.50 bits per heavy atom. The predicted molar refractivity (Wildman–Crippen MR) is 71.0 cm³/mol. The Morgan fingerprint density at radius 2 is 2.19 bits per heavy atom. The van der Waals surface area contributed by atoms with E-state index in [-0.39, 0.29) is 0 Å². The monoisotopic (exact) mass is 238 g/mol. The number of hydrogen-bond donors (Lipinski definition) is 1. The van der Waals surface area contributed by atoms with Gasteiger partial charge in [-0.25, -0.2) is 0 Å². The molecular weight excluding hydrogens is 216 g/mol. The first kappa shape index (κ1) is 12.1. The van der Waals surface area contributed by atoms with Crippen molar-refractivity contribution in [1.82, 2.24) is 4.90 Å². The van der Waals surface area contributed by atoms with Gasteiger partial charge in [0.1, 0.15) is 0 Å². The number of hydrogen-bond acceptors (Lipinski definition) is 3. The number of aryl methyl sites for hydroxylation is 2. The molecule has 0 amide bonds. The highest BCUT2D eigenvalue weighted by molar-refractivity contribution is 7.12. The molecule has 2 nitrogen and oxygen atoms in total. The smallest absolute Gasteiger partial charge is 0.0481 e. The van der Waals surface area contributed by atoms with Crippen LogP contribution in [0.4, 0.5) is 0 Å². The van der Waals surface area contributed by atoms with Crippen LogP contribution in [0.2, 0.25) is 0 Å². The van der Waals surface area contributed by atoms with Gasteiger partial charge in [0.05, 0.1) is 0 Å². The molecule has 1 aliphatic carbocycles. The van der Waals surface area contributed by atoms with Gasteiger partial charge in [-0.15, -0.1) is 11.3 Å². The van der Waals surface area contributed by atoms with E-state index >= 15 is 0 Å². The van der Waals surface area contributed by atoms with E-state index in [0.717, 1.165) is 12.6 Å². The van der Waals surface area contributed by atoms with Gasteiger partial charge in [-0.2, -0.15) is 0 Å². The fourth-order valence-corrected chi connectivity index (χ4v) is 3.52. The standard InChI is InChI=1S/C13H22N2S/c1-9-7-12(10(2)16-9)13(8-14)15(3)11-5-4-6-11/h7,11,13H,4-6,8,14H2,1-3H3. The van der Waals surface area contributed by atoms with Gasteiger partial charge in [0, 0.05) is 28.4 Å². The molecular formula is C13H22N2S. The second kappa shape index (κ2) is 4.86.